The van der Waals surface area contributed by atoms with Crippen molar-refractivity contribution in [2.45, 2.75) is 27.2 Å². The molecule has 1 nitrogen and oxygen atoms in total. The Morgan fingerprint density at radius 2 is 1.64 bits per heavy atom. The van der Waals surface area contributed by atoms with Crippen LogP contribution in [0.4, 0.5) is 0 Å². The molecule has 0 saturated heterocycles. The maximum atomic E-state index is 4.09. The number of nitrogens with zero attached hydrogens (tertiary/aromatic N) is 1. The lowest BCUT2D eigenvalue weighted by atomic mass is 10.0. The minimum atomic E-state index is 0. The third-order valence-electron chi connectivity index (χ3n) is 1.84. The number of aromatic nitrogens is 1. The van der Waals surface area contributed by atoms with Gasteiger partial charge in [-0.2, -0.15) is 0 Å². The van der Waals surface area contributed by atoms with Crippen LogP contribution in [-0.2, 0) is 6.42 Å². The van der Waals surface area contributed by atoms with Gasteiger partial charge >= 0.3 is 0 Å². The van der Waals surface area contributed by atoms with Gasteiger partial charge in [-0.1, -0.05) is 6.92 Å². The van der Waals surface area contributed by atoms with E-state index in [1.54, 1.807) is 0 Å². The predicted octanol–water partition coefficient (Wildman–Crippen LogP) is 2.68. The maximum absolute atomic E-state index is 4.09. The molecule has 1 heterocycles. The van der Waals surface area contributed by atoms with Crippen LogP contribution in [0.1, 0.15) is 23.6 Å². The standard InChI is InChI=1S/C9H13N.ClH/c1-4-9-7(2)5-10-6-8(9)3;/h5-6H,4H2,1-3H3;1H. The molecule has 11 heavy (non-hydrogen) atoms. The zero-order valence-corrected chi connectivity index (χ0v) is 8.03. The largest absolute Gasteiger partial charge is 0.264 e. The smallest absolute Gasteiger partial charge is 0.0299 e. The van der Waals surface area contributed by atoms with Gasteiger partial charge in [0.05, 0.1) is 0 Å². The average Bonchev–Trinajstić information content (AvgIpc) is 1.88. The zero-order valence-electron chi connectivity index (χ0n) is 7.22. The molecule has 1 rings (SSSR count). The van der Waals surface area contributed by atoms with Crippen LogP contribution < -0.4 is 0 Å². The highest BCUT2D eigenvalue weighted by Crippen LogP contribution is 2.10. The number of pyridine rings is 1. The summed E-state index contributed by atoms with van der Waals surface area (Å²) < 4.78 is 0. The van der Waals surface area contributed by atoms with Crippen molar-refractivity contribution in [1.29, 1.82) is 0 Å². The van der Waals surface area contributed by atoms with Crippen molar-refractivity contribution >= 4 is 12.4 Å². The molecular weight excluding hydrogens is 158 g/mol. The summed E-state index contributed by atoms with van der Waals surface area (Å²) in [5, 5.41) is 0. The molecular formula is C9H14ClN. The van der Waals surface area contributed by atoms with Gasteiger partial charge in [0.15, 0.2) is 0 Å². The number of hydrogen-bond acceptors (Lipinski definition) is 1. The van der Waals surface area contributed by atoms with Gasteiger partial charge in [0.1, 0.15) is 0 Å². The topological polar surface area (TPSA) is 12.9 Å². The SMILES string of the molecule is CCc1c(C)cncc1C.Cl. The average molecular weight is 172 g/mol. The summed E-state index contributed by atoms with van der Waals surface area (Å²) in [6, 6.07) is 0. The third kappa shape index (κ3) is 2.19. The van der Waals surface area contributed by atoms with Gasteiger partial charge in [0.2, 0.25) is 0 Å². The van der Waals surface area contributed by atoms with Crippen molar-refractivity contribution < 1.29 is 0 Å². The van der Waals surface area contributed by atoms with Gasteiger partial charge in [-0.15, -0.1) is 12.4 Å². The second-order valence-corrected chi connectivity index (χ2v) is 2.61. The lowest BCUT2D eigenvalue weighted by Gasteiger charge is -2.04. The van der Waals surface area contributed by atoms with Gasteiger partial charge in [0, 0.05) is 12.4 Å². The fourth-order valence-electron chi connectivity index (χ4n) is 1.29. The van der Waals surface area contributed by atoms with Crippen LogP contribution in [0.2, 0.25) is 0 Å². The molecule has 0 atom stereocenters. The fourth-order valence-corrected chi connectivity index (χ4v) is 1.29. The molecule has 0 radical (unpaired) electrons. The molecule has 0 spiro atoms. The zero-order chi connectivity index (χ0) is 7.56. The summed E-state index contributed by atoms with van der Waals surface area (Å²) in [4.78, 5) is 4.09. The number of hydrogen-bond donors (Lipinski definition) is 0. The molecule has 0 bridgehead atoms. The Hall–Kier alpha value is -0.560. The van der Waals surface area contributed by atoms with Crippen LogP contribution in [-0.4, -0.2) is 4.98 Å². The van der Waals surface area contributed by atoms with E-state index in [4.69, 9.17) is 0 Å². The third-order valence-corrected chi connectivity index (χ3v) is 1.84. The summed E-state index contributed by atoms with van der Waals surface area (Å²) in [6.07, 6.45) is 4.96. The van der Waals surface area contributed by atoms with Gasteiger partial charge in [-0.05, 0) is 37.0 Å². The summed E-state index contributed by atoms with van der Waals surface area (Å²) >= 11 is 0. The summed E-state index contributed by atoms with van der Waals surface area (Å²) in [5.74, 6) is 0. The van der Waals surface area contributed by atoms with E-state index < -0.39 is 0 Å². The molecule has 0 N–H and O–H groups in total. The molecule has 1 aromatic heterocycles. The van der Waals surface area contributed by atoms with E-state index in [1.165, 1.54) is 16.7 Å². The Kier molecular flexibility index (Phi) is 4.12. The quantitative estimate of drug-likeness (QED) is 0.633. The first-order chi connectivity index (χ1) is 4.75. The molecule has 62 valence electrons. The minimum Gasteiger partial charge on any atom is -0.264 e. The maximum Gasteiger partial charge on any atom is 0.0299 e. The summed E-state index contributed by atoms with van der Waals surface area (Å²) in [7, 11) is 0. The highest BCUT2D eigenvalue weighted by Gasteiger charge is 1.97. The van der Waals surface area contributed by atoms with Crippen molar-refractivity contribution in [3.05, 3.63) is 29.1 Å². The van der Waals surface area contributed by atoms with Crippen LogP contribution >= 0.6 is 12.4 Å². The van der Waals surface area contributed by atoms with E-state index in [0.29, 0.717) is 0 Å². The molecule has 0 aliphatic heterocycles. The van der Waals surface area contributed by atoms with Crippen molar-refractivity contribution in [1.82, 2.24) is 4.98 Å². The van der Waals surface area contributed by atoms with Crippen LogP contribution in [0, 0.1) is 13.8 Å². The molecule has 0 fully saturated rings. The van der Waals surface area contributed by atoms with Crippen LogP contribution in [0.25, 0.3) is 0 Å². The van der Waals surface area contributed by atoms with Crippen LogP contribution in [0.5, 0.6) is 0 Å². The van der Waals surface area contributed by atoms with E-state index in [9.17, 15) is 0 Å². The first-order valence-corrected chi connectivity index (χ1v) is 3.65. The first kappa shape index (κ1) is 10.4. The lowest BCUT2D eigenvalue weighted by molar-refractivity contribution is 1.05. The van der Waals surface area contributed by atoms with Gasteiger partial charge in [-0.3, -0.25) is 4.98 Å². The number of halogens is 1. The van der Waals surface area contributed by atoms with Gasteiger partial charge < -0.3 is 0 Å². The highest BCUT2D eigenvalue weighted by molar-refractivity contribution is 5.85. The molecule has 0 aliphatic carbocycles. The van der Waals surface area contributed by atoms with E-state index >= 15 is 0 Å². The Balaban J connectivity index is 0.000001000. The molecule has 0 unspecified atom stereocenters. The monoisotopic (exact) mass is 171 g/mol. The van der Waals surface area contributed by atoms with Crippen LogP contribution in [0.3, 0.4) is 0 Å². The second-order valence-electron chi connectivity index (χ2n) is 2.61. The Bertz CT molecular complexity index is 213. The molecule has 0 saturated carbocycles. The molecule has 1 aromatic rings. The minimum absolute atomic E-state index is 0. The van der Waals surface area contributed by atoms with Crippen molar-refractivity contribution in [3.8, 4) is 0 Å². The number of rotatable bonds is 1. The number of aryl methyl sites for hydroxylation is 2. The second kappa shape index (κ2) is 4.35. The fraction of sp³-hybridized carbons (Fsp3) is 0.444. The Labute approximate surface area is 74.3 Å². The first-order valence-electron chi connectivity index (χ1n) is 3.65. The van der Waals surface area contributed by atoms with Crippen molar-refractivity contribution in [2.75, 3.05) is 0 Å². The normalized spacial score (nSPS) is 9.00. The van der Waals surface area contributed by atoms with E-state index in [1.807, 2.05) is 12.4 Å². The van der Waals surface area contributed by atoms with Crippen LogP contribution in [0.15, 0.2) is 12.4 Å². The van der Waals surface area contributed by atoms with E-state index in [0.717, 1.165) is 6.42 Å². The van der Waals surface area contributed by atoms with E-state index in [2.05, 4.69) is 25.8 Å². The van der Waals surface area contributed by atoms with Gasteiger partial charge in [-0.25, -0.2) is 0 Å². The van der Waals surface area contributed by atoms with Crippen molar-refractivity contribution in [2.24, 2.45) is 0 Å². The molecule has 0 aromatic carbocycles. The lowest BCUT2D eigenvalue weighted by Crippen LogP contribution is -1.91. The highest BCUT2D eigenvalue weighted by atomic mass is 35.5. The molecule has 0 amide bonds. The molecule has 0 aliphatic rings. The van der Waals surface area contributed by atoms with Gasteiger partial charge in [0.25, 0.3) is 0 Å². The summed E-state index contributed by atoms with van der Waals surface area (Å²) in [6.45, 7) is 6.40. The van der Waals surface area contributed by atoms with E-state index in [-0.39, 0.29) is 12.4 Å². The molecule has 2 heteroatoms. The predicted molar refractivity (Wildman–Crippen MR) is 50.3 cm³/mol. The Morgan fingerprint density at radius 3 is 1.91 bits per heavy atom. The summed E-state index contributed by atoms with van der Waals surface area (Å²) in [5.41, 5.74) is 4.06. The Morgan fingerprint density at radius 1 is 1.18 bits per heavy atom. The van der Waals surface area contributed by atoms with Crippen molar-refractivity contribution in [3.63, 3.8) is 0 Å².